The van der Waals surface area contributed by atoms with Crippen LogP contribution in [-0.4, -0.2) is 12.6 Å². The Balaban J connectivity index is 2.26. The fraction of sp³-hybridized carbons (Fsp3) is 0.143. The van der Waals surface area contributed by atoms with Crippen molar-refractivity contribution in [2.24, 2.45) is 5.73 Å². The number of ether oxygens (including phenoxy) is 2. The lowest BCUT2D eigenvalue weighted by Crippen LogP contribution is -2.25. The average Bonchev–Trinajstić information content (AvgIpc) is 2.68. The molecule has 0 saturated carbocycles. The van der Waals surface area contributed by atoms with Crippen LogP contribution < -0.4 is 5.73 Å². The molecule has 1 heterocycles. The fourth-order valence-electron chi connectivity index (χ4n) is 2.97. The molecule has 0 amide bonds. The summed E-state index contributed by atoms with van der Waals surface area (Å²) in [6, 6.07) is 18.1. The first-order valence-corrected chi connectivity index (χ1v) is 8.74. The van der Waals surface area contributed by atoms with E-state index in [4.69, 9.17) is 26.8 Å². The zero-order chi connectivity index (χ0) is 19.4. The highest BCUT2D eigenvalue weighted by Gasteiger charge is 2.38. The predicted molar refractivity (Wildman–Crippen MR) is 102 cm³/mol. The first kappa shape index (κ1) is 18.6. The van der Waals surface area contributed by atoms with Gasteiger partial charge in [-0.15, -0.1) is 0 Å². The number of nitrogens with zero attached hydrogens (tertiary/aromatic N) is 1. The van der Waals surface area contributed by atoms with Gasteiger partial charge in [0.05, 0.1) is 18.1 Å². The molecule has 136 valence electrons. The van der Waals surface area contributed by atoms with Crippen LogP contribution in [0.4, 0.5) is 0 Å². The third-order valence-corrected chi connectivity index (χ3v) is 4.41. The monoisotopic (exact) mass is 380 g/mol. The highest BCUT2D eigenvalue weighted by atomic mass is 35.5. The van der Waals surface area contributed by atoms with Gasteiger partial charge in [0.15, 0.2) is 0 Å². The number of carbonyl (C=O) groups is 1. The number of halogens is 1. The first-order valence-electron chi connectivity index (χ1n) is 8.36. The second-order valence-corrected chi connectivity index (χ2v) is 6.24. The van der Waals surface area contributed by atoms with E-state index in [9.17, 15) is 10.1 Å². The summed E-state index contributed by atoms with van der Waals surface area (Å²) in [4.78, 5) is 12.8. The SMILES string of the molecule is CCOC(=O)C1=C(c2ccccc2)OC(N)=C(C#N)[C@H]1c1ccc(Cl)cc1. The molecular formula is C21H17ClN2O3. The zero-order valence-electron chi connectivity index (χ0n) is 14.6. The summed E-state index contributed by atoms with van der Waals surface area (Å²) in [5.74, 6) is -1.03. The summed E-state index contributed by atoms with van der Waals surface area (Å²) in [6.45, 7) is 1.91. The van der Waals surface area contributed by atoms with Gasteiger partial charge in [-0.1, -0.05) is 54.1 Å². The lowest BCUT2D eigenvalue weighted by Gasteiger charge is -2.28. The third-order valence-electron chi connectivity index (χ3n) is 4.15. The predicted octanol–water partition coefficient (Wildman–Crippen LogP) is 4.12. The minimum atomic E-state index is -0.713. The number of hydrogen-bond donors (Lipinski definition) is 1. The van der Waals surface area contributed by atoms with Crippen molar-refractivity contribution in [3.63, 3.8) is 0 Å². The van der Waals surface area contributed by atoms with Crippen molar-refractivity contribution in [2.75, 3.05) is 6.61 Å². The molecule has 0 radical (unpaired) electrons. The van der Waals surface area contributed by atoms with Gasteiger partial charge in [-0.25, -0.2) is 4.79 Å². The number of rotatable bonds is 4. The molecule has 0 aromatic heterocycles. The number of allylic oxidation sites excluding steroid dienone is 1. The van der Waals surface area contributed by atoms with Crippen molar-refractivity contribution in [1.29, 1.82) is 5.26 Å². The molecule has 1 atom stereocenters. The summed E-state index contributed by atoms with van der Waals surface area (Å²) in [5.41, 5.74) is 7.78. The van der Waals surface area contributed by atoms with Crippen LogP contribution in [0, 0.1) is 11.3 Å². The van der Waals surface area contributed by atoms with Gasteiger partial charge in [-0.3, -0.25) is 0 Å². The molecule has 2 aromatic carbocycles. The van der Waals surface area contributed by atoms with E-state index < -0.39 is 11.9 Å². The molecule has 0 unspecified atom stereocenters. The van der Waals surface area contributed by atoms with Crippen molar-refractivity contribution in [1.82, 2.24) is 0 Å². The van der Waals surface area contributed by atoms with Crippen molar-refractivity contribution in [2.45, 2.75) is 12.8 Å². The molecule has 6 heteroatoms. The Labute approximate surface area is 162 Å². The van der Waals surface area contributed by atoms with E-state index in [-0.39, 0.29) is 29.4 Å². The van der Waals surface area contributed by atoms with Crippen LogP contribution in [-0.2, 0) is 14.3 Å². The van der Waals surface area contributed by atoms with E-state index >= 15 is 0 Å². The number of esters is 1. The highest BCUT2D eigenvalue weighted by molar-refractivity contribution is 6.30. The Bertz CT molecular complexity index is 957. The van der Waals surface area contributed by atoms with Crippen molar-refractivity contribution < 1.29 is 14.3 Å². The van der Waals surface area contributed by atoms with E-state index in [1.165, 1.54) is 0 Å². The van der Waals surface area contributed by atoms with Gasteiger partial charge in [-0.2, -0.15) is 5.26 Å². The van der Waals surface area contributed by atoms with Crippen LogP contribution in [0.2, 0.25) is 5.02 Å². The van der Waals surface area contributed by atoms with Crippen LogP contribution in [0.25, 0.3) is 5.76 Å². The number of benzene rings is 2. The van der Waals surface area contributed by atoms with Gasteiger partial charge in [-0.05, 0) is 24.6 Å². The van der Waals surface area contributed by atoms with Gasteiger partial charge in [0.1, 0.15) is 17.4 Å². The minimum Gasteiger partial charge on any atom is -0.463 e. The molecule has 0 spiro atoms. The van der Waals surface area contributed by atoms with Crippen LogP contribution in [0.3, 0.4) is 0 Å². The summed E-state index contributed by atoms with van der Waals surface area (Å²) >= 11 is 5.99. The lowest BCUT2D eigenvalue weighted by molar-refractivity contribution is -0.138. The Morgan fingerprint density at radius 2 is 1.89 bits per heavy atom. The van der Waals surface area contributed by atoms with E-state index in [1.54, 1.807) is 43.3 Å². The molecule has 2 aromatic rings. The number of nitriles is 1. The molecule has 27 heavy (non-hydrogen) atoms. The number of carbonyl (C=O) groups excluding carboxylic acids is 1. The molecule has 0 saturated heterocycles. The van der Waals surface area contributed by atoms with Crippen molar-refractivity contribution in [3.05, 3.63) is 87.8 Å². The van der Waals surface area contributed by atoms with E-state index in [0.29, 0.717) is 16.1 Å². The molecule has 5 nitrogen and oxygen atoms in total. The number of hydrogen-bond acceptors (Lipinski definition) is 5. The van der Waals surface area contributed by atoms with E-state index in [2.05, 4.69) is 6.07 Å². The molecule has 1 aliphatic heterocycles. The van der Waals surface area contributed by atoms with Crippen LogP contribution in [0.5, 0.6) is 0 Å². The molecular weight excluding hydrogens is 364 g/mol. The smallest absolute Gasteiger partial charge is 0.338 e. The van der Waals surface area contributed by atoms with Gasteiger partial charge in [0, 0.05) is 10.6 Å². The Kier molecular flexibility index (Phi) is 5.49. The van der Waals surface area contributed by atoms with E-state index in [1.807, 2.05) is 18.2 Å². The zero-order valence-corrected chi connectivity index (χ0v) is 15.4. The summed E-state index contributed by atoms with van der Waals surface area (Å²) in [7, 11) is 0. The second-order valence-electron chi connectivity index (χ2n) is 5.81. The van der Waals surface area contributed by atoms with Gasteiger partial charge in [0.2, 0.25) is 5.88 Å². The Morgan fingerprint density at radius 3 is 2.48 bits per heavy atom. The van der Waals surface area contributed by atoms with Crippen molar-refractivity contribution >= 4 is 23.3 Å². The Hall–Kier alpha value is -3.23. The number of nitrogens with two attached hydrogens (primary N) is 1. The molecule has 0 bridgehead atoms. The Morgan fingerprint density at radius 1 is 1.22 bits per heavy atom. The van der Waals surface area contributed by atoms with E-state index in [0.717, 1.165) is 0 Å². The third kappa shape index (κ3) is 3.67. The van der Waals surface area contributed by atoms with Crippen LogP contribution in [0.1, 0.15) is 24.0 Å². The van der Waals surface area contributed by atoms with Gasteiger partial charge in [0.25, 0.3) is 0 Å². The molecule has 0 aliphatic carbocycles. The molecule has 2 N–H and O–H groups in total. The standard InChI is InChI=1S/C21H17ClN2O3/c1-2-26-21(25)18-17(13-8-10-15(22)11-9-13)16(12-23)20(24)27-19(18)14-6-4-3-5-7-14/h3-11,17H,2,24H2,1H3/t17-/m1/s1. The maximum absolute atomic E-state index is 12.8. The average molecular weight is 381 g/mol. The fourth-order valence-corrected chi connectivity index (χ4v) is 3.10. The summed E-state index contributed by atoms with van der Waals surface area (Å²) in [6.07, 6.45) is 0. The van der Waals surface area contributed by atoms with Gasteiger partial charge >= 0.3 is 5.97 Å². The summed E-state index contributed by atoms with van der Waals surface area (Å²) < 4.78 is 11.0. The maximum atomic E-state index is 12.8. The lowest BCUT2D eigenvalue weighted by atomic mass is 9.82. The van der Waals surface area contributed by atoms with Crippen LogP contribution >= 0.6 is 11.6 Å². The maximum Gasteiger partial charge on any atom is 0.338 e. The molecule has 1 aliphatic rings. The van der Waals surface area contributed by atoms with Gasteiger partial charge < -0.3 is 15.2 Å². The second kappa shape index (κ2) is 7.98. The highest BCUT2D eigenvalue weighted by Crippen LogP contribution is 2.42. The van der Waals surface area contributed by atoms with Crippen molar-refractivity contribution in [3.8, 4) is 6.07 Å². The molecule has 0 fully saturated rings. The normalized spacial score (nSPS) is 16.6. The topological polar surface area (TPSA) is 85.3 Å². The minimum absolute atomic E-state index is 0.0376. The largest absolute Gasteiger partial charge is 0.463 e. The first-order chi connectivity index (χ1) is 13.1. The summed E-state index contributed by atoms with van der Waals surface area (Å²) in [5, 5.41) is 10.2. The van der Waals surface area contributed by atoms with Crippen LogP contribution in [0.15, 0.2) is 71.6 Å². The quantitative estimate of drug-likeness (QED) is 0.806. The molecule has 3 rings (SSSR count).